The summed E-state index contributed by atoms with van der Waals surface area (Å²) in [5.74, 6) is 0.178. The van der Waals surface area contributed by atoms with Gasteiger partial charge in [0.1, 0.15) is 6.04 Å². The van der Waals surface area contributed by atoms with Gasteiger partial charge in [-0.05, 0) is 36.4 Å². The van der Waals surface area contributed by atoms with E-state index in [1.807, 2.05) is 12.1 Å². The minimum Gasteiger partial charge on any atom is -0.480 e. The lowest BCUT2D eigenvalue weighted by Gasteiger charge is -2.34. The fourth-order valence-electron chi connectivity index (χ4n) is 2.81. The molecule has 3 nitrogen and oxygen atoms in total. The zero-order chi connectivity index (χ0) is 12.5. The number of benzene rings is 1. The molecular formula is C15H19NO2. The second-order valence-electron chi connectivity index (χ2n) is 5.53. The highest BCUT2D eigenvalue weighted by Crippen LogP contribution is 2.33. The Morgan fingerprint density at radius 2 is 2.00 bits per heavy atom. The highest BCUT2D eigenvalue weighted by molar-refractivity contribution is 5.74. The van der Waals surface area contributed by atoms with E-state index in [1.165, 1.54) is 24.0 Å². The number of carbonyl (C=O) groups is 1. The van der Waals surface area contributed by atoms with Gasteiger partial charge >= 0.3 is 5.97 Å². The molecule has 0 saturated heterocycles. The van der Waals surface area contributed by atoms with E-state index in [2.05, 4.69) is 17.0 Å². The van der Waals surface area contributed by atoms with Crippen LogP contribution in [0.25, 0.3) is 0 Å². The van der Waals surface area contributed by atoms with Gasteiger partial charge in [-0.15, -0.1) is 0 Å². The first-order valence-corrected chi connectivity index (χ1v) is 6.77. The molecule has 1 atom stereocenters. The van der Waals surface area contributed by atoms with Gasteiger partial charge in [-0.2, -0.15) is 0 Å². The molecule has 0 unspecified atom stereocenters. The zero-order valence-corrected chi connectivity index (χ0v) is 10.5. The van der Waals surface area contributed by atoms with Gasteiger partial charge in [0.15, 0.2) is 0 Å². The standard InChI is InChI=1S/C15H19NO2/c17-15(18)14-9-12-3-1-2-4-13(12)10-16(14)8-7-11-5-6-11/h1-4,11,14H,5-10H2,(H,17,18)/t14-/m0/s1. The van der Waals surface area contributed by atoms with E-state index in [1.54, 1.807) is 0 Å². The fraction of sp³-hybridized carbons (Fsp3) is 0.533. The van der Waals surface area contributed by atoms with Crippen molar-refractivity contribution >= 4 is 5.97 Å². The molecule has 1 aliphatic heterocycles. The average Bonchev–Trinajstić information content (AvgIpc) is 3.19. The summed E-state index contributed by atoms with van der Waals surface area (Å²) in [5, 5.41) is 9.37. The lowest BCUT2D eigenvalue weighted by Crippen LogP contribution is -2.45. The summed E-state index contributed by atoms with van der Waals surface area (Å²) in [5.41, 5.74) is 2.50. The number of carboxylic acid groups (broad SMARTS) is 1. The molecule has 0 radical (unpaired) electrons. The molecule has 1 aliphatic carbocycles. The zero-order valence-electron chi connectivity index (χ0n) is 10.5. The van der Waals surface area contributed by atoms with Gasteiger partial charge in [0, 0.05) is 6.54 Å². The van der Waals surface area contributed by atoms with Crippen LogP contribution in [-0.2, 0) is 17.8 Å². The maximum absolute atomic E-state index is 11.4. The Kier molecular flexibility index (Phi) is 3.08. The fourth-order valence-corrected chi connectivity index (χ4v) is 2.81. The maximum Gasteiger partial charge on any atom is 0.321 e. The third-order valence-corrected chi connectivity index (χ3v) is 4.15. The van der Waals surface area contributed by atoms with Crippen LogP contribution >= 0.6 is 0 Å². The van der Waals surface area contributed by atoms with Gasteiger partial charge in [-0.1, -0.05) is 37.1 Å². The molecule has 1 aromatic rings. The summed E-state index contributed by atoms with van der Waals surface area (Å²) >= 11 is 0. The first kappa shape index (κ1) is 11.7. The van der Waals surface area contributed by atoms with E-state index in [-0.39, 0.29) is 6.04 Å². The molecule has 96 valence electrons. The summed E-state index contributed by atoms with van der Waals surface area (Å²) < 4.78 is 0. The average molecular weight is 245 g/mol. The van der Waals surface area contributed by atoms with Crippen molar-refractivity contribution in [3.8, 4) is 0 Å². The first-order valence-electron chi connectivity index (χ1n) is 6.77. The lowest BCUT2D eigenvalue weighted by molar-refractivity contribution is -0.144. The van der Waals surface area contributed by atoms with E-state index in [0.29, 0.717) is 6.42 Å². The molecule has 1 saturated carbocycles. The third kappa shape index (κ3) is 2.41. The topological polar surface area (TPSA) is 40.5 Å². The van der Waals surface area contributed by atoms with Gasteiger partial charge < -0.3 is 5.11 Å². The summed E-state index contributed by atoms with van der Waals surface area (Å²) in [4.78, 5) is 13.5. The lowest BCUT2D eigenvalue weighted by atomic mass is 9.94. The van der Waals surface area contributed by atoms with Crippen LogP contribution < -0.4 is 0 Å². The number of hydrogen-bond acceptors (Lipinski definition) is 2. The minimum absolute atomic E-state index is 0.335. The van der Waals surface area contributed by atoms with Crippen LogP contribution in [0.5, 0.6) is 0 Å². The van der Waals surface area contributed by atoms with Crippen LogP contribution in [0.3, 0.4) is 0 Å². The molecule has 2 aliphatic rings. The molecule has 3 rings (SSSR count). The largest absolute Gasteiger partial charge is 0.480 e. The van der Waals surface area contributed by atoms with Crippen molar-refractivity contribution in [3.63, 3.8) is 0 Å². The second-order valence-corrected chi connectivity index (χ2v) is 5.53. The maximum atomic E-state index is 11.4. The van der Waals surface area contributed by atoms with Crippen LogP contribution in [-0.4, -0.2) is 28.6 Å². The Balaban J connectivity index is 1.76. The van der Waals surface area contributed by atoms with E-state index < -0.39 is 5.97 Å². The molecule has 18 heavy (non-hydrogen) atoms. The molecule has 0 amide bonds. The van der Waals surface area contributed by atoms with Gasteiger partial charge in [0.25, 0.3) is 0 Å². The summed E-state index contributed by atoms with van der Waals surface area (Å²) in [6, 6.07) is 7.89. The van der Waals surface area contributed by atoms with Gasteiger partial charge in [-0.3, -0.25) is 9.69 Å². The quantitative estimate of drug-likeness (QED) is 0.885. The highest BCUT2D eigenvalue weighted by Gasteiger charge is 2.32. The van der Waals surface area contributed by atoms with E-state index in [9.17, 15) is 9.90 Å². The monoisotopic (exact) mass is 245 g/mol. The van der Waals surface area contributed by atoms with Crippen LogP contribution in [0.4, 0.5) is 0 Å². The number of hydrogen-bond donors (Lipinski definition) is 1. The Hall–Kier alpha value is -1.35. The second kappa shape index (κ2) is 4.73. The summed E-state index contributed by atoms with van der Waals surface area (Å²) in [6.45, 7) is 1.72. The van der Waals surface area contributed by atoms with Gasteiger partial charge in [0.2, 0.25) is 0 Å². The predicted molar refractivity (Wildman–Crippen MR) is 69.3 cm³/mol. The molecule has 3 heteroatoms. The molecule has 1 heterocycles. The normalized spacial score (nSPS) is 23.7. The smallest absolute Gasteiger partial charge is 0.321 e. The molecule has 1 aromatic carbocycles. The molecule has 1 N–H and O–H groups in total. The van der Waals surface area contributed by atoms with Crippen molar-refractivity contribution in [2.45, 2.75) is 38.3 Å². The van der Waals surface area contributed by atoms with E-state index in [4.69, 9.17) is 0 Å². The van der Waals surface area contributed by atoms with Crippen LogP contribution in [0, 0.1) is 5.92 Å². The van der Waals surface area contributed by atoms with Crippen molar-refractivity contribution in [1.82, 2.24) is 4.90 Å². The molecule has 0 bridgehead atoms. The third-order valence-electron chi connectivity index (χ3n) is 4.15. The highest BCUT2D eigenvalue weighted by atomic mass is 16.4. The number of aliphatic carboxylic acids is 1. The Morgan fingerprint density at radius 1 is 1.28 bits per heavy atom. The van der Waals surface area contributed by atoms with Gasteiger partial charge in [0.05, 0.1) is 0 Å². The SMILES string of the molecule is O=C(O)[C@@H]1Cc2ccccc2CN1CCC1CC1. The van der Waals surface area contributed by atoms with Crippen molar-refractivity contribution in [1.29, 1.82) is 0 Å². The Morgan fingerprint density at radius 3 is 2.67 bits per heavy atom. The molecule has 0 spiro atoms. The number of carboxylic acids is 1. The Bertz CT molecular complexity index is 454. The van der Waals surface area contributed by atoms with Crippen molar-refractivity contribution < 1.29 is 9.90 Å². The number of nitrogens with zero attached hydrogens (tertiary/aromatic N) is 1. The molecular weight excluding hydrogens is 226 g/mol. The minimum atomic E-state index is -0.680. The summed E-state index contributed by atoms with van der Waals surface area (Å²) in [7, 11) is 0. The molecule has 1 fully saturated rings. The van der Waals surface area contributed by atoms with Crippen molar-refractivity contribution in [3.05, 3.63) is 35.4 Å². The van der Waals surface area contributed by atoms with Crippen LogP contribution in [0.2, 0.25) is 0 Å². The van der Waals surface area contributed by atoms with Gasteiger partial charge in [-0.25, -0.2) is 0 Å². The first-order chi connectivity index (χ1) is 8.74. The van der Waals surface area contributed by atoms with E-state index >= 15 is 0 Å². The molecule has 0 aromatic heterocycles. The number of rotatable bonds is 4. The number of fused-ring (bicyclic) bond motifs is 1. The van der Waals surface area contributed by atoms with Crippen molar-refractivity contribution in [2.24, 2.45) is 5.92 Å². The van der Waals surface area contributed by atoms with E-state index in [0.717, 1.165) is 25.4 Å². The van der Waals surface area contributed by atoms with Crippen LogP contribution in [0.15, 0.2) is 24.3 Å². The predicted octanol–water partition coefficient (Wildman–Crippen LogP) is 2.30. The summed E-state index contributed by atoms with van der Waals surface area (Å²) in [6.07, 6.45) is 4.48. The van der Waals surface area contributed by atoms with Crippen LogP contribution in [0.1, 0.15) is 30.4 Å². The Labute approximate surface area is 107 Å². The van der Waals surface area contributed by atoms with Crippen molar-refractivity contribution in [2.75, 3.05) is 6.54 Å².